The lowest BCUT2D eigenvalue weighted by atomic mass is 10.1. The zero-order valence-corrected chi connectivity index (χ0v) is 17.4. The van der Waals surface area contributed by atoms with E-state index in [0.717, 1.165) is 16.2 Å². The molecule has 2 aromatic carbocycles. The van der Waals surface area contributed by atoms with E-state index in [2.05, 4.69) is 16.9 Å². The standard InChI is InChI=1S/C22H19N3O2S2/c1-3-11-25(22-24-18(13-28-22)15-7-5-4-6-8-15)21(27)16-9-10-19-17(12-16)23-20(26)14(2)29-19/h3-10,12-14H,1,11H2,2H3,(H,23,26). The van der Waals surface area contributed by atoms with Gasteiger partial charge in [0.1, 0.15) is 0 Å². The van der Waals surface area contributed by atoms with E-state index in [1.54, 1.807) is 23.1 Å². The number of benzene rings is 2. The van der Waals surface area contributed by atoms with Gasteiger partial charge in [-0.25, -0.2) is 4.98 Å². The Kier molecular flexibility index (Phi) is 5.51. The van der Waals surface area contributed by atoms with Crippen molar-refractivity contribution in [1.82, 2.24) is 4.98 Å². The van der Waals surface area contributed by atoms with Crippen LogP contribution in [0.2, 0.25) is 0 Å². The summed E-state index contributed by atoms with van der Waals surface area (Å²) >= 11 is 2.91. The molecule has 2 heterocycles. The molecule has 1 aromatic heterocycles. The van der Waals surface area contributed by atoms with Crippen LogP contribution in [0.15, 0.2) is 71.5 Å². The smallest absolute Gasteiger partial charge is 0.260 e. The maximum atomic E-state index is 13.2. The second-order valence-corrected chi connectivity index (χ2v) is 8.77. The minimum Gasteiger partial charge on any atom is -0.324 e. The van der Waals surface area contributed by atoms with Crippen LogP contribution < -0.4 is 10.2 Å². The predicted octanol–water partition coefficient (Wildman–Crippen LogP) is 5.08. The van der Waals surface area contributed by atoms with Crippen molar-refractivity contribution in [2.45, 2.75) is 17.1 Å². The number of amides is 2. The molecule has 0 spiro atoms. The van der Waals surface area contributed by atoms with Gasteiger partial charge in [-0.2, -0.15) is 0 Å². The number of carbonyl (C=O) groups excluding carboxylic acids is 2. The van der Waals surface area contributed by atoms with Crippen LogP contribution in [0.1, 0.15) is 17.3 Å². The quantitative estimate of drug-likeness (QED) is 0.584. The first-order valence-electron chi connectivity index (χ1n) is 9.12. The van der Waals surface area contributed by atoms with Gasteiger partial charge in [0.05, 0.1) is 16.6 Å². The van der Waals surface area contributed by atoms with E-state index in [1.807, 2.05) is 48.7 Å². The van der Waals surface area contributed by atoms with Crippen molar-refractivity contribution in [3.8, 4) is 11.3 Å². The average Bonchev–Trinajstić information content (AvgIpc) is 3.22. The Morgan fingerprint density at radius 3 is 2.83 bits per heavy atom. The van der Waals surface area contributed by atoms with E-state index in [-0.39, 0.29) is 17.1 Å². The molecule has 0 saturated heterocycles. The predicted molar refractivity (Wildman–Crippen MR) is 120 cm³/mol. The molecular weight excluding hydrogens is 402 g/mol. The van der Waals surface area contributed by atoms with Gasteiger partial charge >= 0.3 is 0 Å². The molecule has 1 aliphatic heterocycles. The highest BCUT2D eigenvalue weighted by molar-refractivity contribution is 8.00. The number of carbonyl (C=O) groups is 2. The summed E-state index contributed by atoms with van der Waals surface area (Å²) in [7, 11) is 0. The summed E-state index contributed by atoms with van der Waals surface area (Å²) in [5, 5.41) is 5.29. The highest BCUT2D eigenvalue weighted by atomic mass is 32.2. The maximum absolute atomic E-state index is 13.2. The van der Waals surface area contributed by atoms with Crippen LogP contribution in [-0.4, -0.2) is 28.6 Å². The third-order valence-corrected chi connectivity index (χ3v) is 6.55. The van der Waals surface area contributed by atoms with Gasteiger partial charge in [0.25, 0.3) is 5.91 Å². The lowest BCUT2D eigenvalue weighted by Crippen LogP contribution is -2.31. The van der Waals surface area contributed by atoms with Gasteiger partial charge in [-0.15, -0.1) is 29.7 Å². The number of thiazole rings is 1. The zero-order valence-electron chi connectivity index (χ0n) is 15.8. The molecule has 5 nitrogen and oxygen atoms in total. The number of aromatic nitrogens is 1. The number of thioether (sulfide) groups is 1. The van der Waals surface area contributed by atoms with Crippen LogP contribution in [0.4, 0.5) is 10.8 Å². The minimum absolute atomic E-state index is 0.0533. The van der Waals surface area contributed by atoms with E-state index >= 15 is 0 Å². The number of nitrogens with zero attached hydrogens (tertiary/aromatic N) is 2. The number of hydrogen-bond donors (Lipinski definition) is 1. The van der Waals surface area contributed by atoms with E-state index in [9.17, 15) is 9.59 Å². The van der Waals surface area contributed by atoms with E-state index in [0.29, 0.717) is 22.9 Å². The van der Waals surface area contributed by atoms with Crippen LogP contribution in [0, 0.1) is 0 Å². The van der Waals surface area contributed by atoms with Gasteiger partial charge in [0.2, 0.25) is 5.91 Å². The second kappa shape index (κ2) is 8.23. The monoisotopic (exact) mass is 421 g/mol. The fourth-order valence-corrected chi connectivity index (χ4v) is 4.78. The Hall–Kier alpha value is -2.90. The molecule has 4 rings (SSSR count). The first-order chi connectivity index (χ1) is 14.1. The summed E-state index contributed by atoms with van der Waals surface area (Å²) in [4.78, 5) is 32.4. The molecular formula is C22H19N3O2S2. The molecule has 0 radical (unpaired) electrons. The normalized spacial score (nSPS) is 15.3. The minimum atomic E-state index is -0.181. The Balaban J connectivity index is 1.63. The Morgan fingerprint density at radius 1 is 1.28 bits per heavy atom. The van der Waals surface area contributed by atoms with E-state index in [4.69, 9.17) is 0 Å². The average molecular weight is 422 g/mol. The fourth-order valence-electron chi connectivity index (χ4n) is 3.00. The topological polar surface area (TPSA) is 62.3 Å². The highest BCUT2D eigenvalue weighted by Gasteiger charge is 2.26. The van der Waals surface area contributed by atoms with Crippen molar-refractivity contribution < 1.29 is 9.59 Å². The summed E-state index contributed by atoms with van der Waals surface area (Å²) in [5.74, 6) is -0.234. The molecule has 0 bridgehead atoms. The van der Waals surface area contributed by atoms with Gasteiger partial charge in [-0.05, 0) is 25.1 Å². The van der Waals surface area contributed by atoms with Crippen molar-refractivity contribution in [2.24, 2.45) is 0 Å². The van der Waals surface area contributed by atoms with Crippen LogP contribution in [0.25, 0.3) is 11.3 Å². The molecule has 3 aromatic rings. The van der Waals surface area contributed by atoms with Crippen molar-refractivity contribution >= 4 is 45.7 Å². The van der Waals surface area contributed by atoms with Crippen molar-refractivity contribution in [3.05, 3.63) is 72.1 Å². The highest BCUT2D eigenvalue weighted by Crippen LogP contribution is 2.36. The molecule has 146 valence electrons. The van der Waals surface area contributed by atoms with Gasteiger partial charge in [0, 0.05) is 27.9 Å². The summed E-state index contributed by atoms with van der Waals surface area (Å²) in [6, 6.07) is 15.3. The van der Waals surface area contributed by atoms with Crippen LogP contribution in [-0.2, 0) is 4.79 Å². The Labute approximate surface area is 177 Å². The lowest BCUT2D eigenvalue weighted by molar-refractivity contribution is -0.115. The SMILES string of the molecule is C=CCN(C(=O)c1ccc2c(c1)NC(=O)C(C)S2)c1nc(-c2ccccc2)cs1. The summed E-state index contributed by atoms with van der Waals surface area (Å²) in [6.07, 6.45) is 1.68. The first-order valence-corrected chi connectivity index (χ1v) is 10.9. The number of hydrogen-bond acceptors (Lipinski definition) is 5. The van der Waals surface area contributed by atoms with Crippen LogP contribution >= 0.6 is 23.1 Å². The second-order valence-electron chi connectivity index (χ2n) is 6.55. The first kappa shape index (κ1) is 19.4. The molecule has 1 atom stereocenters. The van der Waals surface area contributed by atoms with E-state index < -0.39 is 0 Å². The van der Waals surface area contributed by atoms with Gasteiger partial charge in [0.15, 0.2) is 5.13 Å². The number of nitrogens with one attached hydrogen (secondary N) is 1. The largest absolute Gasteiger partial charge is 0.324 e. The van der Waals surface area contributed by atoms with Crippen molar-refractivity contribution in [2.75, 3.05) is 16.8 Å². The maximum Gasteiger partial charge on any atom is 0.260 e. The molecule has 0 saturated carbocycles. The molecule has 0 fully saturated rings. The third kappa shape index (κ3) is 3.97. The van der Waals surface area contributed by atoms with Crippen molar-refractivity contribution in [3.63, 3.8) is 0 Å². The van der Waals surface area contributed by atoms with Crippen molar-refractivity contribution in [1.29, 1.82) is 0 Å². The Bertz CT molecular complexity index is 1080. The number of rotatable bonds is 5. The fraction of sp³-hybridized carbons (Fsp3) is 0.136. The number of fused-ring (bicyclic) bond motifs is 1. The van der Waals surface area contributed by atoms with Gasteiger partial charge in [-0.1, -0.05) is 36.4 Å². The Morgan fingerprint density at radius 2 is 2.07 bits per heavy atom. The lowest BCUT2D eigenvalue weighted by Gasteiger charge is -2.23. The molecule has 1 N–H and O–H groups in total. The molecule has 29 heavy (non-hydrogen) atoms. The number of anilines is 2. The van der Waals surface area contributed by atoms with Crippen LogP contribution in [0.5, 0.6) is 0 Å². The molecule has 7 heteroatoms. The zero-order chi connectivity index (χ0) is 20.4. The molecule has 2 amide bonds. The van der Waals surface area contributed by atoms with Gasteiger partial charge in [-0.3, -0.25) is 14.5 Å². The molecule has 0 aliphatic carbocycles. The van der Waals surface area contributed by atoms with Crippen LogP contribution in [0.3, 0.4) is 0 Å². The third-order valence-electron chi connectivity index (χ3n) is 4.51. The summed E-state index contributed by atoms with van der Waals surface area (Å²) < 4.78 is 0. The van der Waals surface area contributed by atoms with Gasteiger partial charge < -0.3 is 5.32 Å². The summed E-state index contributed by atoms with van der Waals surface area (Å²) in [6.45, 7) is 5.98. The van der Waals surface area contributed by atoms with E-state index in [1.165, 1.54) is 23.1 Å². The molecule has 1 aliphatic rings. The molecule has 1 unspecified atom stereocenters. The summed E-state index contributed by atoms with van der Waals surface area (Å²) in [5.41, 5.74) is 3.00.